The summed E-state index contributed by atoms with van der Waals surface area (Å²) in [7, 11) is 0. The van der Waals surface area contributed by atoms with Crippen LogP contribution in [0.25, 0.3) is 0 Å². The highest BCUT2D eigenvalue weighted by Crippen LogP contribution is 2.24. The van der Waals surface area contributed by atoms with Gasteiger partial charge in [-0.3, -0.25) is 4.79 Å². The van der Waals surface area contributed by atoms with Gasteiger partial charge in [0.25, 0.3) is 0 Å². The normalized spacial score (nSPS) is 23.1. The third-order valence-corrected chi connectivity index (χ3v) is 4.32. The molecule has 2 fully saturated rings. The van der Waals surface area contributed by atoms with Gasteiger partial charge in [-0.1, -0.05) is 25.3 Å². The first-order valence-electron chi connectivity index (χ1n) is 7.99. The van der Waals surface area contributed by atoms with E-state index in [0.29, 0.717) is 25.5 Å². The molecule has 0 aromatic rings. The molecule has 1 aliphatic heterocycles. The molecule has 1 aliphatic carbocycles. The topological polar surface area (TPSA) is 41.6 Å². The monoisotopic (exact) mass is 316 g/mol. The van der Waals surface area contributed by atoms with Gasteiger partial charge in [0.15, 0.2) is 0 Å². The van der Waals surface area contributed by atoms with Gasteiger partial charge in [-0.05, 0) is 18.8 Å². The van der Waals surface area contributed by atoms with E-state index in [4.69, 9.17) is 4.74 Å². The Bertz CT molecular complexity index is 313. The summed E-state index contributed by atoms with van der Waals surface area (Å²) in [5, 5.41) is 3.35. The van der Waals surface area contributed by atoms with E-state index in [1.807, 2.05) is 11.0 Å². The molecule has 5 heteroatoms. The summed E-state index contributed by atoms with van der Waals surface area (Å²) in [5.41, 5.74) is 0. The standard InChI is InChI=1S/C16H28N2O2.ClH/c1-2-9-18(12-14-6-4-3-5-7-14)16(19)11-15-13-20-10-8-17-15;/h2,14-15,17H,1,3-13H2;1H. The van der Waals surface area contributed by atoms with Gasteiger partial charge in [-0.25, -0.2) is 0 Å². The van der Waals surface area contributed by atoms with Crippen molar-refractivity contribution >= 4 is 18.3 Å². The molecule has 0 spiro atoms. The van der Waals surface area contributed by atoms with E-state index < -0.39 is 0 Å². The molecule has 1 saturated carbocycles. The van der Waals surface area contributed by atoms with Crippen LogP contribution < -0.4 is 5.32 Å². The maximum absolute atomic E-state index is 12.5. The second-order valence-corrected chi connectivity index (χ2v) is 6.02. The molecule has 2 rings (SSSR count). The van der Waals surface area contributed by atoms with E-state index >= 15 is 0 Å². The molecular formula is C16H29ClN2O2. The first-order valence-corrected chi connectivity index (χ1v) is 7.99. The summed E-state index contributed by atoms with van der Waals surface area (Å²) in [5.74, 6) is 0.918. The zero-order chi connectivity index (χ0) is 14.2. The molecule has 0 aromatic carbocycles. The molecule has 1 N–H and O–H groups in total. The maximum atomic E-state index is 12.5. The molecule has 21 heavy (non-hydrogen) atoms. The molecule has 1 atom stereocenters. The van der Waals surface area contributed by atoms with Gasteiger partial charge in [-0.15, -0.1) is 19.0 Å². The Hall–Kier alpha value is -0.580. The number of nitrogens with one attached hydrogen (secondary N) is 1. The summed E-state index contributed by atoms with van der Waals surface area (Å²) in [6.45, 7) is 7.61. The number of halogens is 1. The van der Waals surface area contributed by atoms with Gasteiger partial charge in [-0.2, -0.15) is 0 Å². The van der Waals surface area contributed by atoms with Crippen molar-refractivity contribution in [3.8, 4) is 0 Å². The largest absolute Gasteiger partial charge is 0.378 e. The fourth-order valence-electron chi connectivity index (χ4n) is 3.21. The molecular weight excluding hydrogens is 288 g/mol. The van der Waals surface area contributed by atoms with Gasteiger partial charge in [0.1, 0.15) is 0 Å². The number of morpholine rings is 1. The average Bonchev–Trinajstić information content (AvgIpc) is 2.49. The molecule has 1 saturated heterocycles. The average molecular weight is 317 g/mol. The molecule has 2 aliphatic rings. The van der Waals surface area contributed by atoms with Crippen molar-refractivity contribution in [2.75, 3.05) is 32.8 Å². The van der Waals surface area contributed by atoms with Crippen molar-refractivity contribution in [2.45, 2.75) is 44.6 Å². The Morgan fingerprint density at radius 2 is 2.10 bits per heavy atom. The predicted molar refractivity (Wildman–Crippen MR) is 87.8 cm³/mol. The Balaban J connectivity index is 0.00000220. The summed E-state index contributed by atoms with van der Waals surface area (Å²) < 4.78 is 5.42. The number of rotatable bonds is 6. The lowest BCUT2D eigenvalue weighted by Gasteiger charge is -2.31. The number of ether oxygens (including phenoxy) is 1. The van der Waals surface area contributed by atoms with E-state index in [1.165, 1.54) is 32.1 Å². The van der Waals surface area contributed by atoms with E-state index in [2.05, 4.69) is 11.9 Å². The zero-order valence-corrected chi connectivity index (χ0v) is 13.7. The lowest BCUT2D eigenvalue weighted by molar-refractivity contribution is -0.132. The Labute approximate surface area is 134 Å². The third kappa shape index (κ3) is 6.37. The fourth-order valence-corrected chi connectivity index (χ4v) is 3.21. The number of hydrogen-bond acceptors (Lipinski definition) is 3. The molecule has 0 aromatic heterocycles. The summed E-state index contributed by atoms with van der Waals surface area (Å²) in [6.07, 6.45) is 8.91. The number of hydrogen-bond donors (Lipinski definition) is 1. The van der Waals surface area contributed by atoms with Gasteiger partial charge < -0.3 is 15.0 Å². The van der Waals surface area contributed by atoms with Crippen LogP contribution in [0.2, 0.25) is 0 Å². The van der Waals surface area contributed by atoms with Crippen molar-refractivity contribution in [3.63, 3.8) is 0 Å². The Morgan fingerprint density at radius 3 is 2.71 bits per heavy atom. The summed E-state index contributed by atoms with van der Waals surface area (Å²) in [4.78, 5) is 14.4. The number of carbonyl (C=O) groups excluding carboxylic acids is 1. The van der Waals surface area contributed by atoms with Crippen LogP contribution in [-0.2, 0) is 9.53 Å². The van der Waals surface area contributed by atoms with Crippen LogP contribution in [0, 0.1) is 5.92 Å². The Kier molecular flexibility index (Phi) is 8.97. The minimum atomic E-state index is 0. The minimum absolute atomic E-state index is 0. The highest BCUT2D eigenvalue weighted by atomic mass is 35.5. The lowest BCUT2D eigenvalue weighted by atomic mass is 9.89. The van der Waals surface area contributed by atoms with Crippen molar-refractivity contribution in [3.05, 3.63) is 12.7 Å². The molecule has 1 amide bonds. The lowest BCUT2D eigenvalue weighted by Crippen LogP contribution is -2.46. The van der Waals surface area contributed by atoms with E-state index in [1.54, 1.807) is 0 Å². The minimum Gasteiger partial charge on any atom is -0.378 e. The van der Waals surface area contributed by atoms with E-state index in [-0.39, 0.29) is 24.4 Å². The third-order valence-electron chi connectivity index (χ3n) is 4.32. The highest BCUT2D eigenvalue weighted by molar-refractivity contribution is 5.85. The van der Waals surface area contributed by atoms with Gasteiger partial charge in [0.05, 0.1) is 13.2 Å². The van der Waals surface area contributed by atoms with Gasteiger partial charge in [0.2, 0.25) is 5.91 Å². The van der Waals surface area contributed by atoms with Crippen LogP contribution in [0.3, 0.4) is 0 Å². The van der Waals surface area contributed by atoms with Crippen molar-refractivity contribution < 1.29 is 9.53 Å². The number of carbonyl (C=O) groups is 1. The van der Waals surface area contributed by atoms with Crippen LogP contribution in [0.15, 0.2) is 12.7 Å². The van der Waals surface area contributed by atoms with Crippen LogP contribution in [0.4, 0.5) is 0 Å². The van der Waals surface area contributed by atoms with Gasteiger partial charge >= 0.3 is 0 Å². The number of nitrogens with zero attached hydrogens (tertiary/aromatic N) is 1. The van der Waals surface area contributed by atoms with Crippen molar-refractivity contribution in [2.24, 2.45) is 5.92 Å². The second-order valence-electron chi connectivity index (χ2n) is 6.02. The van der Waals surface area contributed by atoms with E-state index in [9.17, 15) is 4.79 Å². The molecule has 4 nitrogen and oxygen atoms in total. The maximum Gasteiger partial charge on any atom is 0.224 e. The fraction of sp³-hybridized carbons (Fsp3) is 0.812. The molecule has 1 unspecified atom stereocenters. The predicted octanol–water partition coefficient (Wildman–Crippen LogP) is 2.38. The van der Waals surface area contributed by atoms with Crippen LogP contribution in [-0.4, -0.2) is 49.7 Å². The molecule has 0 bridgehead atoms. The Morgan fingerprint density at radius 1 is 1.33 bits per heavy atom. The number of amides is 1. The smallest absolute Gasteiger partial charge is 0.224 e. The van der Waals surface area contributed by atoms with Crippen LogP contribution >= 0.6 is 12.4 Å². The first kappa shape index (κ1) is 18.5. The van der Waals surface area contributed by atoms with Crippen molar-refractivity contribution in [1.29, 1.82) is 0 Å². The van der Waals surface area contributed by atoms with Crippen LogP contribution in [0.1, 0.15) is 38.5 Å². The molecule has 0 radical (unpaired) electrons. The molecule has 122 valence electrons. The summed E-state index contributed by atoms with van der Waals surface area (Å²) >= 11 is 0. The second kappa shape index (κ2) is 10.2. The van der Waals surface area contributed by atoms with Crippen LogP contribution in [0.5, 0.6) is 0 Å². The van der Waals surface area contributed by atoms with Gasteiger partial charge in [0, 0.05) is 32.1 Å². The van der Waals surface area contributed by atoms with E-state index in [0.717, 1.165) is 19.7 Å². The summed E-state index contributed by atoms with van der Waals surface area (Å²) in [6, 6.07) is 0.176. The van der Waals surface area contributed by atoms with Crippen molar-refractivity contribution in [1.82, 2.24) is 10.2 Å². The SMILES string of the molecule is C=CCN(CC1CCCCC1)C(=O)CC1COCCN1.Cl. The zero-order valence-electron chi connectivity index (χ0n) is 12.9. The first-order chi connectivity index (χ1) is 9.79. The quantitative estimate of drug-likeness (QED) is 0.765. The highest BCUT2D eigenvalue weighted by Gasteiger charge is 2.23. The molecule has 1 heterocycles.